The molecule has 0 atom stereocenters. The zero-order chi connectivity index (χ0) is 18.5. The average Bonchev–Trinajstić information content (AvgIpc) is 2.52. The lowest BCUT2D eigenvalue weighted by Crippen LogP contribution is -2.36. The van der Waals surface area contributed by atoms with Gasteiger partial charge in [0.1, 0.15) is 5.04 Å². The predicted octanol–water partition coefficient (Wildman–Crippen LogP) is 4.32. The predicted molar refractivity (Wildman–Crippen MR) is 105 cm³/mol. The monoisotopic (exact) mass is 415 g/mol. The van der Waals surface area contributed by atoms with Crippen LogP contribution in [0.4, 0.5) is 4.79 Å². The lowest BCUT2D eigenvalue weighted by atomic mass is 9.97. The Kier molecular flexibility index (Phi) is 8.52. The van der Waals surface area contributed by atoms with E-state index in [1.165, 1.54) is 16.1 Å². The second-order valence-electron chi connectivity index (χ2n) is 6.33. The first-order valence-corrected chi connectivity index (χ1v) is 12.0. The molecule has 1 aliphatic rings. The Morgan fingerprint density at radius 1 is 1.38 bits per heavy atom. The van der Waals surface area contributed by atoms with Gasteiger partial charge in [-0.15, -0.1) is 11.8 Å². The molecule has 0 spiro atoms. The molecule has 1 fully saturated rings. The SMILES string of the molecule is CS/C(C)=N\OC(=O)N(C)SN(C(C)C)P1(=S)OCC(C)(C)CO1. The van der Waals surface area contributed by atoms with Crippen LogP contribution in [0.3, 0.4) is 0 Å². The van der Waals surface area contributed by atoms with Crippen molar-refractivity contribution >= 4 is 53.5 Å². The molecular weight excluding hydrogens is 389 g/mol. The Labute approximate surface area is 158 Å². The first kappa shape index (κ1) is 22.2. The maximum Gasteiger partial charge on any atom is 0.446 e. The highest BCUT2D eigenvalue weighted by Crippen LogP contribution is 2.61. The van der Waals surface area contributed by atoms with Crippen molar-refractivity contribution in [1.82, 2.24) is 8.38 Å². The van der Waals surface area contributed by atoms with Gasteiger partial charge in [-0.3, -0.25) is 4.84 Å². The van der Waals surface area contributed by atoms with Gasteiger partial charge in [-0.2, -0.15) is 4.08 Å². The Hall–Kier alpha value is 0.170. The largest absolute Gasteiger partial charge is 0.446 e. The second-order valence-corrected chi connectivity index (χ2v) is 12.0. The van der Waals surface area contributed by atoms with Crippen LogP contribution >= 0.6 is 30.5 Å². The minimum atomic E-state index is -2.66. The Balaban J connectivity index is 2.76. The molecule has 0 radical (unpaired) electrons. The molecule has 24 heavy (non-hydrogen) atoms. The van der Waals surface area contributed by atoms with Crippen LogP contribution in [0.2, 0.25) is 0 Å². The van der Waals surface area contributed by atoms with Crippen molar-refractivity contribution in [1.29, 1.82) is 0 Å². The van der Waals surface area contributed by atoms with Crippen molar-refractivity contribution in [3.05, 3.63) is 0 Å². The standard InChI is InChI=1S/C13H26N3O4PS3/c1-10(2)16(21(22)18-8-13(4,5)9-19-21)24-15(6)12(17)20-14-11(3)23-7/h10H,8-9H2,1-7H3/b14-11-. The Bertz CT molecular complexity index is 517. The lowest BCUT2D eigenvalue weighted by molar-refractivity contribution is 0.0486. The molecule has 0 aliphatic carbocycles. The van der Waals surface area contributed by atoms with E-state index in [9.17, 15) is 4.79 Å². The maximum atomic E-state index is 12.0. The number of oxime groups is 1. The molecule has 1 aliphatic heterocycles. The number of rotatable bonds is 5. The van der Waals surface area contributed by atoms with Crippen molar-refractivity contribution < 1.29 is 18.7 Å². The molecule has 1 heterocycles. The number of thioether (sulfide) groups is 1. The van der Waals surface area contributed by atoms with E-state index in [1.54, 1.807) is 14.0 Å². The van der Waals surface area contributed by atoms with Gasteiger partial charge in [-0.1, -0.05) is 19.0 Å². The van der Waals surface area contributed by atoms with Crippen LogP contribution in [-0.2, 0) is 25.7 Å². The third-order valence-corrected chi connectivity index (χ3v) is 8.77. The van der Waals surface area contributed by atoms with Gasteiger partial charge in [0.25, 0.3) is 6.64 Å². The number of amides is 1. The first-order valence-electron chi connectivity index (χ1n) is 7.41. The third kappa shape index (κ3) is 6.48. The average molecular weight is 416 g/mol. The fraction of sp³-hybridized carbons (Fsp3) is 0.846. The summed E-state index contributed by atoms with van der Waals surface area (Å²) in [7, 11) is 1.60. The molecule has 0 aromatic rings. The lowest BCUT2D eigenvalue weighted by Gasteiger charge is -2.42. The van der Waals surface area contributed by atoms with Crippen molar-refractivity contribution in [2.75, 3.05) is 26.5 Å². The van der Waals surface area contributed by atoms with E-state index >= 15 is 0 Å². The molecule has 0 bridgehead atoms. The molecule has 1 rings (SSSR count). The highest BCUT2D eigenvalue weighted by Gasteiger charge is 2.40. The van der Waals surface area contributed by atoms with Gasteiger partial charge in [0.2, 0.25) is 0 Å². The highest BCUT2D eigenvalue weighted by molar-refractivity contribution is 8.15. The Morgan fingerprint density at radius 2 is 1.92 bits per heavy atom. The molecular formula is C13H26N3O4PS3. The molecule has 1 amide bonds. The van der Waals surface area contributed by atoms with Crippen molar-refractivity contribution in [2.24, 2.45) is 10.6 Å². The zero-order valence-corrected chi connectivity index (χ0v) is 18.5. The number of hydrogen-bond acceptors (Lipinski definition) is 8. The Morgan fingerprint density at radius 3 is 2.38 bits per heavy atom. The quantitative estimate of drug-likeness (QED) is 0.164. The molecule has 7 nitrogen and oxygen atoms in total. The highest BCUT2D eigenvalue weighted by atomic mass is 32.5. The molecule has 0 saturated carbocycles. The van der Waals surface area contributed by atoms with Gasteiger partial charge in [-0.25, -0.2) is 9.10 Å². The summed E-state index contributed by atoms with van der Waals surface area (Å²) in [4.78, 5) is 16.9. The normalized spacial score (nSPS) is 20.3. The van der Waals surface area contributed by atoms with E-state index in [-0.39, 0.29) is 11.5 Å². The number of nitrogens with zero attached hydrogens (tertiary/aromatic N) is 3. The molecule has 11 heteroatoms. The van der Waals surface area contributed by atoms with E-state index in [4.69, 9.17) is 25.7 Å². The van der Waals surface area contributed by atoms with Gasteiger partial charge in [0, 0.05) is 18.5 Å². The fourth-order valence-electron chi connectivity index (χ4n) is 1.48. The summed E-state index contributed by atoms with van der Waals surface area (Å²) >= 11 is 8.19. The fourth-order valence-corrected chi connectivity index (χ4v) is 6.15. The van der Waals surface area contributed by atoms with Gasteiger partial charge in [0.15, 0.2) is 0 Å². The van der Waals surface area contributed by atoms with Crippen LogP contribution in [0.1, 0.15) is 34.6 Å². The summed E-state index contributed by atoms with van der Waals surface area (Å²) in [5, 5.41) is 4.40. The van der Waals surface area contributed by atoms with Crippen LogP contribution in [-0.4, -0.2) is 52.1 Å². The first-order chi connectivity index (χ1) is 11.0. The van der Waals surface area contributed by atoms with Crippen LogP contribution in [0.5, 0.6) is 0 Å². The maximum absolute atomic E-state index is 12.0. The van der Waals surface area contributed by atoms with Crippen molar-refractivity contribution in [3.8, 4) is 0 Å². The third-order valence-electron chi connectivity index (χ3n) is 2.93. The topological polar surface area (TPSA) is 63.6 Å². The minimum absolute atomic E-state index is 0.0220. The number of carbonyl (C=O) groups excluding carboxylic acids is 1. The zero-order valence-electron chi connectivity index (χ0n) is 15.1. The summed E-state index contributed by atoms with van der Waals surface area (Å²) in [6.45, 7) is 8.24. The molecule has 1 saturated heterocycles. The summed E-state index contributed by atoms with van der Waals surface area (Å²) < 4.78 is 15.0. The van der Waals surface area contributed by atoms with Gasteiger partial charge in [-0.05, 0) is 38.8 Å². The summed E-state index contributed by atoms with van der Waals surface area (Å²) in [5.41, 5.74) is -0.0650. The molecule has 140 valence electrons. The number of hydrogen-bond donors (Lipinski definition) is 0. The minimum Gasteiger partial charge on any atom is -0.317 e. The van der Waals surface area contributed by atoms with E-state index in [0.717, 1.165) is 12.1 Å². The number of carbonyl (C=O) groups is 1. The van der Waals surface area contributed by atoms with Gasteiger partial charge in [0.05, 0.1) is 25.3 Å². The van der Waals surface area contributed by atoms with Crippen LogP contribution < -0.4 is 0 Å². The van der Waals surface area contributed by atoms with E-state index < -0.39 is 12.7 Å². The van der Waals surface area contributed by atoms with E-state index in [0.29, 0.717) is 18.3 Å². The van der Waals surface area contributed by atoms with Crippen LogP contribution in [0.15, 0.2) is 5.16 Å². The summed E-state index contributed by atoms with van der Waals surface area (Å²) in [6.07, 6.45) is 1.27. The smallest absolute Gasteiger partial charge is 0.317 e. The van der Waals surface area contributed by atoms with Crippen LogP contribution in [0.25, 0.3) is 0 Å². The van der Waals surface area contributed by atoms with Gasteiger partial charge >= 0.3 is 6.09 Å². The van der Waals surface area contributed by atoms with Crippen molar-refractivity contribution in [2.45, 2.75) is 40.7 Å². The molecule has 0 aromatic heterocycles. The van der Waals surface area contributed by atoms with Crippen molar-refractivity contribution in [3.63, 3.8) is 0 Å². The van der Waals surface area contributed by atoms with E-state index in [2.05, 4.69) is 19.0 Å². The van der Waals surface area contributed by atoms with E-state index in [1.807, 2.05) is 24.2 Å². The molecule has 0 aromatic carbocycles. The molecule has 0 N–H and O–H groups in total. The second kappa shape index (κ2) is 9.21. The summed E-state index contributed by atoms with van der Waals surface area (Å²) in [6, 6.07) is 0.0220. The summed E-state index contributed by atoms with van der Waals surface area (Å²) in [5.74, 6) is 0. The van der Waals surface area contributed by atoms with Gasteiger partial charge < -0.3 is 9.05 Å². The van der Waals surface area contributed by atoms with Crippen LogP contribution in [0, 0.1) is 5.41 Å². The molecule has 0 unspecified atom stereocenters.